The van der Waals surface area contributed by atoms with Gasteiger partial charge in [-0.2, -0.15) is 0 Å². The predicted molar refractivity (Wildman–Crippen MR) is 124 cm³/mol. The molecule has 1 saturated heterocycles. The lowest BCUT2D eigenvalue weighted by Gasteiger charge is -2.45. The summed E-state index contributed by atoms with van der Waals surface area (Å²) in [7, 11) is 2.16. The number of hydrogen-bond acceptors (Lipinski definition) is 4. The lowest BCUT2D eigenvalue weighted by molar-refractivity contribution is 0.122. The number of ether oxygens (including phenoxy) is 1. The molecule has 29 heavy (non-hydrogen) atoms. The monoisotopic (exact) mass is 411 g/mol. The van der Waals surface area contributed by atoms with E-state index in [1.165, 1.54) is 16.9 Å². The lowest BCUT2D eigenvalue weighted by atomic mass is 9.80. The molecule has 5 heteroatoms. The van der Waals surface area contributed by atoms with Crippen LogP contribution in [0, 0.1) is 0 Å². The van der Waals surface area contributed by atoms with Gasteiger partial charge in [0.2, 0.25) is 0 Å². The minimum Gasteiger partial charge on any atom is -0.378 e. The zero-order valence-corrected chi connectivity index (χ0v) is 18.5. The van der Waals surface area contributed by atoms with Crippen molar-refractivity contribution in [3.05, 3.63) is 52.5 Å². The zero-order chi connectivity index (χ0) is 20.6. The van der Waals surface area contributed by atoms with Crippen molar-refractivity contribution in [3.8, 4) is 0 Å². The van der Waals surface area contributed by atoms with E-state index >= 15 is 0 Å². The van der Waals surface area contributed by atoms with Gasteiger partial charge < -0.3 is 14.5 Å². The maximum Gasteiger partial charge on any atom is 0.0642 e. The highest BCUT2D eigenvalue weighted by Gasteiger charge is 2.34. The fourth-order valence-electron chi connectivity index (χ4n) is 4.42. The molecular weight excluding hydrogens is 382 g/mol. The topological polar surface area (TPSA) is 28.1 Å². The Hall–Kier alpha value is -2.04. The van der Waals surface area contributed by atoms with Crippen LogP contribution in [0.3, 0.4) is 0 Å². The first-order valence-electron chi connectivity index (χ1n) is 10.4. The van der Waals surface area contributed by atoms with Crippen LogP contribution >= 0.6 is 11.6 Å². The fraction of sp³-hybridized carbons (Fsp3) is 0.458. The molecule has 4 rings (SSSR count). The Bertz CT molecular complexity index is 901. The van der Waals surface area contributed by atoms with Crippen molar-refractivity contribution >= 4 is 34.9 Å². The molecule has 0 unspecified atom stereocenters. The largest absolute Gasteiger partial charge is 0.378 e. The summed E-state index contributed by atoms with van der Waals surface area (Å²) < 4.78 is 5.43. The second-order valence-corrected chi connectivity index (χ2v) is 9.19. The van der Waals surface area contributed by atoms with Crippen molar-refractivity contribution < 1.29 is 4.74 Å². The molecule has 0 bridgehead atoms. The molecule has 2 aromatic rings. The average Bonchev–Trinajstić information content (AvgIpc) is 2.72. The molecule has 0 amide bonds. The van der Waals surface area contributed by atoms with E-state index < -0.39 is 0 Å². The highest BCUT2D eigenvalue weighted by atomic mass is 35.5. The first kappa shape index (κ1) is 20.2. The first-order valence-corrected chi connectivity index (χ1v) is 10.8. The summed E-state index contributed by atoms with van der Waals surface area (Å²) >= 11 is 6.62. The number of halogens is 1. The van der Waals surface area contributed by atoms with Crippen molar-refractivity contribution in [3.63, 3.8) is 0 Å². The molecule has 0 aromatic heterocycles. The second kappa shape index (κ2) is 8.00. The van der Waals surface area contributed by atoms with E-state index in [9.17, 15) is 0 Å². The number of benzene rings is 2. The summed E-state index contributed by atoms with van der Waals surface area (Å²) in [5.41, 5.74) is 5.84. The van der Waals surface area contributed by atoms with Crippen molar-refractivity contribution in [2.45, 2.75) is 38.6 Å². The number of nitrogens with zero attached hydrogens (tertiary/aromatic N) is 3. The third kappa shape index (κ3) is 4.15. The van der Waals surface area contributed by atoms with Gasteiger partial charge in [-0.05, 0) is 68.1 Å². The molecule has 4 nitrogen and oxygen atoms in total. The maximum atomic E-state index is 6.62. The molecule has 0 saturated carbocycles. The Labute approximate surface area is 179 Å². The Balaban J connectivity index is 1.55. The first-order chi connectivity index (χ1) is 13.8. The summed E-state index contributed by atoms with van der Waals surface area (Å²) in [4.78, 5) is 9.37. The third-order valence-electron chi connectivity index (χ3n) is 6.33. The molecule has 2 aromatic carbocycles. The van der Waals surface area contributed by atoms with Crippen LogP contribution in [0.25, 0.3) is 0 Å². The number of fused-ring (bicyclic) bond motifs is 1. The maximum absolute atomic E-state index is 6.62. The number of morpholine rings is 1. The van der Waals surface area contributed by atoms with Gasteiger partial charge in [0.1, 0.15) is 0 Å². The van der Waals surface area contributed by atoms with Crippen molar-refractivity contribution in [1.82, 2.24) is 0 Å². The van der Waals surface area contributed by atoms with Crippen molar-refractivity contribution in [2.24, 2.45) is 4.99 Å². The van der Waals surface area contributed by atoms with Gasteiger partial charge in [0.05, 0.1) is 23.9 Å². The summed E-state index contributed by atoms with van der Waals surface area (Å²) in [6.45, 7) is 10.3. The fourth-order valence-corrected chi connectivity index (χ4v) is 4.63. The van der Waals surface area contributed by atoms with Crippen LogP contribution in [0.15, 0.2) is 41.4 Å². The molecule has 0 radical (unpaired) electrons. The van der Waals surface area contributed by atoms with Gasteiger partial charge in [0.15, 0.2) is 0 Å². The number of rotatable bonds is 3. The molecule has 0 aliphatic carbocycles. The number of anilines is 2. The summed E-state index contributed by atoms with van der Waals surface area (Å²) in [6.07, 6.45) is 3.01. The van der Waals surface area contributed by atoms with Gasteiger partial charge >= 0.3 is 0 Å². The van der Waals surface area contributed by atoms with E-state index in [-0.39, 0.29) is 5.54 Å². The zero-order valence-electron chi connectivity index (χ0n) is 17.8. The van der Waals surface area contributed by atoms with Crippen LogP contribution in [-0.4, -0.2) is 45.1 Å². The van der Waals surface area contributed by atoms with E-state index in [2.05, 4.69) is 79.0 Å². The molecule has 2 aliphatic rings. The quantitative estimate of drug-likeness (QED) is 0.611. The highest BCUT2D eigenvalue weighted by molar-refractivity contribution is 6.33. The smallest absolute Gasteiger partial charge is 0.0642 e. The molecule has 0 spiro atoms. The van der Waals surface area contributed by atoms with Crippen molar-refractivity contribution in [2.75, 3.05) is 43.2 Å². The van der Waals surface area contributed by atoms with Gasteiger partial charge in [0, 0.05) is 48.8 Å². The van der Waals surface area contributed by atoms with E-state index in [0.29, 0.717) is 5.92 Å². The van der Waals surface area contributed by atoms with Crippen LogP contribution < -0.4 is 9.80 Å². The van der Waals surface area contributed by atoms with E-state index in [1.807, 2.05) is 6.21 Å². The van der Waals surface area contributed by atoms with E-state index in [0.717, 1.165) is 49.0 Å². The van der Waals surface area contributed by atoms with Gasteiger partial charge in [-0.15, -0.1) is 0 Å². The Morgan fingerprint density at radius 1 is 1.14 bits per heavy atom. The lowest BCUT2D eigenvalue weighted by Crippen LogP contribution is -2.45. The Morgan fingerprint density at radius 2 is 1.83 bits per heavy atom. The normalized spacial score (nSPS) is 21.5. The minimum atomic E-state index is 0.133. The predicted octanol–water partition coefficient (Wildman–Crippen LogP) is 5.65. The number of hydrogen-bond donors (Lipinski definition) is 0. The third-order valence-corrected chi connectivity index (χ3v) is 6.66. The molecule has 154 valence electrons. The summed E-state index contributed by atoms with van der Waals surface area (Å²) in [5.74, 6) is 0.494. The molecule has 0 N–H and O–H groups in total. The van der Waals surface area contributed by atoms with Crippen LogP contribution in [-0.2, 0) is 4.74 Å². The standard InChI is InChI=1S/C24H30ClN3O/c1-17-15-24(2,3)27(4)23-14-22(25)18(13-21(17)23)16-26-19-5-7-20(8-6-19)28-9-11-29-12-10-28/h5-8,13-14,16-17H,9-12,15H2,1-4H3/t17-/m0/s1. The van der Waals surface area contributed by atoms with Gasteiger partial charge in [0.25, 0.3) is 0 Å². The number of aliphatic imine (C=N–C) groups is 1. The molecule has 1 fully saturated rings. The average molecular weight is 412 g/mol. The second-order valence-electron chi connectivity index (χ2n) is 8.78. The summed E-state index contributed by atoms with van der Waals surface area (Å²) in [5, 5.41) is 0.745. The Kier molecular flexibility index (Phi) is 5.58. The van der Waals surface area contributed by atoms with E-state index in [4.69, 9.17) is 16.3 Å². The summed E-state index contributed by atoms with van der Waals surface area (Å²) in [6, 6.07) is 12.7. The Morgan fingerprint density at radius 3 is 2.52 bits per heavy atom. The molecule has 2 heterocycles. The van der Waals surface area contributed by atoms with Gasteiger partial charge in [-0.1, -0.05) is 18.5 Å². The van der Waals surface area contributed by atoms with Crippen LogP contribution in [0.2, 0.25) is 5.02 Å². The van der Waals surface area contributed by atoms with Crippen LogP contribution in [0.5, 0.6) is 0 Å². The van der Waals surface area contributed by atoms with Crippen LogP contribution in [0.1, 0.15) is 44.2 Å². The van der Waals surface area contributed by atoms with Crippen LogP contribution in [0.4, 0.5) is 17.1 Å². The van der Waals surface area contributed by atoms with Crippen molar-refractivity contribution in [1.29, 1.82) is 0 Å². The van der Waals surface area contributed by atoms with E-state index in [1.54, 1.807) is 0 Å². The SMILES string of the molecule is C[C@H]1CC(C)(C)N(C)c2cc(Cl)c(C=Nc3ccc(N4CCOCC4)cc3)cc21. The molecule has 1 atom stereocenters. The van der Waals surface area contributed by atoms with Gasteiger partial charge in [-0.25, -0.2) is 0 Å². The molecular formula is C24H30ClN3O. The highest BCUT2D eigenvalue weighted by Crippen LogP contribution is 2.44. The van der Waals surface area contributed by atoms with Gasteiger partial charge in [-0.3, -0.25) is 4.99 Å². The minimum absolute atomic E-state index is 0.133. The molecule has 2 aliphatic heterocycles.